The maximum atomic E-state index is 5.06. The van der Waals surface area contributed by atoms with Crippen molar-refractivity contribution in [3.63, 3.8) is 0 Å². The van der Waals surface area contributed by atoms with E-state index in [9.17, 15) is 0 Å². The smallest absolute Gasteiger partial charge is 0.0474 e. The molecule has 0 heterocycles. The minimum Gasteiger partial charge on any atom is -0.385 e. The van der Waals surface area contributed by atoms with Crippen molar-refractivity contribution in [1.82, 2.24) is 10.2 Å². The van der Waals surface area contributed by atoms with Crippen LogP contribution in [-0.2, 0) is 17.8 Å². The number of benzene rings is 1. The van der Waals surface area contributed by atoms with E-state index in [-0.39, 0.29) is 0 Å². The summed E-state index contributed by atoms with van der Waals surface area (Å²) in [5, 5.41) is 3.18. The zero-order valence-electron chi connectivity index (χ0n) is 11.2. The monoisotopic (exact) mass is 236 g/mol. The van der Waals surface area contributed by atoms with Gasteiger partial charge >= 0.3 is 0 Å². The molecule has 0 aliphatic carbocycles. The van der Waals surface area contributed by atoms with Crippen LogP contribution in [0.1, 0.15) is 17.5 Å². The number of rotatable bonds is 8. The molecule has 0 unspecified atom stereocenters. The lowest BCUT2D eigenvalue weighted by molar-refractivity contribution is 0.178. The van der Waals surface area contributed by atoms with Crippen LogP contribution in [0.5, 0.6) is 0 Å². The van der Waals surface area contributed by atoms with Crippen LogP contribution in [-0.4, -0.2) is 39.3 Å². The minimum absolute atomic E-state index is 0.837. The van der Waals surface area contributed by atoms with Gasteiger partial charge in [-0.05, 0) is 31.6 Å². The molecule has 0 saturated heterocycles. The van der Waals surface area contributed by atoms with Crippen molar-refractivity contribution in [3.8, 4) is 0 Å². The van der Waals surface area contributed by atoms with Crippen molar-refractivity contribution < 1.29 is 4.74 Å². The number of nitrogens with zero attached hydrogens (tertiary/aromatic N) is 1. The minimum atomic E-state index is 0.837. The van der Waals surface area contributed by atoms with Crippen LogP contribution in [0.2, 0.25) is 0 Å². The molecule has 0 bridgehead atoms. The van der Waals surface area contributed by atoms with E-state index >= 15 is 0 Å². The molecule has 3 heteroatoms. The molecule has 0 fully saturated rings. The number of hydrogen-bond acceptors (Lipinski definition) is 3. The molecule has 0 aliphatic rings. The van der Waals surface area contributed by atoms with E-state index in [1.54, 1.807) is 7.11 Å². The molecule has 96 valence electrons. The Morgan fingerprint density at radius 1 is 1.29 bits per heavy atom. The molecule has 17 heavy (non-hydrogen) atoms. The third-order valence-corrected chi connectivity index (χ3v) is 2.71. The second kappa shape index (κ2) is 8.23. The van der Waals surface area contributed by atoms with Gasteiger partial charge in [0.05, 0.1) is 0 Å². The van der Waals surface area contributed by atoms with Gasteiger partial charge in [-0.1, -0.05) is 24.3 Å². The zero-order valence-corrected chi connectivity index (χ0v) is 11.2. The largest absolute Gasteiger partial charge is 0.385 e. The van der Waals surface area contributed by atoms with Gasteiger partial charge in [0.15, 0.2) is 0 Å². The van der Waals surface area contributed by atoms with Crippen LogP contribution in [0.25, 0.3) is 0 Å². The first-order chi connectivity index (χ1) is 8.26. The second-order valence-electron chi connectivity index (χ2n) is 4.43. The van der Waals surface area contributed by atoms with E-state index in [0.29, 0.717) is 0 Å². The van der Waals surface area contributed by atoms with Gasteiger partial charge in [0.2, 0.25) is 0 Å². The van der Waals surface area contributed by atoms with Gasteiger partial charge < -0.3 is 15.0 Å². The van der Waals surface area contributed by atoms with Gasteiger partial charge in [-0.25, -0.2) is 0 Å². The third-order valence-electron chi connectivity index (χ3n) is 2.71. The van der Waals surface area contributed by atoms with Gasteiger partial charge in [0.1, 0.15) is 0 Å². The van der Waals surface area contributed by atoms with Crippen molar-refractivity contribution in [2.24, 2.45) is 0 Å². The van der Waals surface area contributed by atoms with Gasteiger partial charge in [-0.15, -0.1) is 0 Å². The Kier molecular flexibility index (Phi) is 6.86. The Morgan fingerprint density at radius 3 is 2.76 bits per heavy atom. The highest BCUT2D eigenvalue weighted by atomic mass is 16.5. The van der Waals surface area contributed by atoms with E-state index in [1.807, 2.05) is 7.05 Å². The van der Waals surface area contributed by atoms with Crippen LogP contribution in [0, 0.1) is 0 Å². The van der Waals surface area contributed by atoms with Gasteiger partial charge in [-0.3, -0.25) is 0 Å². The van der Waals surface area contributed by atoms with Gasteiger partial charge in [0.25, 0.3) is 0 Å². The van der Waals surface area contributed by atoms with Gasteiger partial charge in [-0.2, -0.15) is 0 Å². The number of nitrogens with one attached hydrogen (secondary N) is 1. The number of ether oxygens (including phenoxy) is 1. The molecule has 3 nitrogen and oxygen atoms in total. The summed E-state index contributed by atoms with van der Waals surface area (Å²) in [5.41, 5.74) is 2.72. The van der Waals surface area contributed by atoms with Crippen LogP contribution in [0.3, 0.4) is 0 Å². The van der Waals surface area contributed by atoms with Crippen LogP contribution >= 0.6 is 0 Å². The number of methoxy groups -OCH3 is 1. The predicted molar refractivity (Wildman–Crippen MR) is 72.0 cm³/mol. The van der Waals surface area contributed by atoms with Crippen molar-refractivity contribution in [2.45, 2.75) is 19.5 Å². The second-order valence-corrected chi connectivity index (χ2v) is 4.43. The van der Waals surface area contributed by atoms with Crippen LogP contribution in [0.4, 0.5) is 0 Å². The molecule has 0 spiro atoms. The maximum absolute atomic E-state index is 5.06. The Labute approximate surface area is 105 Å². The lowest BCUT2D eigenvalue weighted by Gasteiger charge is -2.16. The normalized spacial score (nSPS) is 11.1. The molecule has 0 radical (unpaired) electrons. The Balaban J connectivity index is 2.41. The van der Waals surface area contributed by atoms with Crippen molar-refractivity contribution >= 4 is 0 Å². The van der Waals surface area contributed by atoms with E-state index in [4.69, 9.17) is 4.74 Å². The average molecular weight is 236 g/mol. The van der Waals surface area contributed by atoms with Crippen molar-refractivity contribution in [2.75, 3.05) is 34.4 Å². The van der Waals surface area contributed by atoms with E-state index in [0.717, 1.165) is 32.7 Å². The Bertz CT molecular complexity index is 315. The summed E-state index contributed by atoms with van der Waals surface area (Å²) in [4.78, 5) is 2.33. The molecule has 1 rings (SSSR count). The molecule has 0 aromatic heterocycles. The first-order valence-electron chi connectivity index (χ1n) is 6.16. The van der Waals surface area contributed by atoms with E-state index in [2.05, 4.69) is 41.5 Å². The summed E-state index contributed by atoms with van der Waals surface area (Å²) < 4.78 is 5.06. The first kappa shape index (κ1) is 14.2. The summed E-state index contributed by atoms with van der Waals surface area (Å²) in [6.45, 7) is 3.84. The molecule has 0 saturated carbocycles. The molecular formula is C14H24N2O. The van der Waals surface area contributed by atoms with Gasteiger partial charge in [0, 0.05) is 33.4 Å². The maximum Gasteiger partial charge on any atom is 0.0474 e. The quantitative estimate of drug-likeness (QED) is 0.697. The molecule has 0 aliphatic heterocycles. The fraction of sp³-hybridized carbons (Fsp3) is 0.571. The summed E-state index contributed by atoms with van der Waals surface area (Å²) in [7, 11) is 5.88. The average Bonchev–Trinajstić information content (AvgIpc) is 2.30. The Morgan fingerprint density at radius 2 is 2.06 bits per heavy atom. The molecule has 1 N–H and O–H groups in total. The number of hydrogen-bond donors (Lipinski definition) is 1. The predicted octanol–water partition coefficient (Wildman–Crippen LogP) is 1.87. The highest BCUT2D eigenvalue weighted by Gasteiger charge is 2.01. The fourth-order valence-electron chi connectivity index (χ4n) is 1.91. The molecule has 1 aromatic carbocycles. The molecular weight excluding hydrogens is 212 g/mol. The lowest BCUT2D eigenvalue weighted by Crippen LogP contribution is -2.20. The summed E-state index contributed by atoms with van der Waals surface area (Å²) in [6.07, 6.45) is 1.09. The van der Waals surface area contributed by atoms with Crippen molar-refractivity contribution in [3.05, 3.63) is 35.4 Å². The summed E-state index contributed by atoms with van der Waals surface area (Å²) in [5.74, 6) is 0. The third kappa shape index (κ3) is 5.82. The van der Waals surface area contributed by atoms with Crippen LogP contribution < -0.4 is 5.32 Å². The van der Waals surface area contributed by atoms with Crippen LogP contribution in [0.15, 0.2) is 24.3 Å². The van der Waals surface area contributed by atoms with Crippen molar-refractivity contribution in [1.29, 1.82) is 0 Å². The summed E-state index contributed by atoms with van der Waals surface area (Å²) >= 11 is 0. The highest BCUT2D eigenvalue weighted by molar-refractivity contribution is 5.23. The van der Waals surface area contributed by atoms with E-state index < -0.39 is 0 Å². The Hall–Kier alpha value is -0.900. The zero-order chi connectivity index (χ0) is 12.5. The molecule has 0 amide bonds. The first-order valence-corrected chi connectivity index (χ1v) is 6.16. The highest BCUT2D eigenvalue weighted by Crippen LogP contribution is 2.07. The fourth-order valence-corrected chi connectivity index (χ4v) is 1.91. The molecule has 0 atom stereocenters. The standard InChI is InChI=1S/C14H24N2O/c1-15-11-13-6-4-7-14(10-13)12-16(2)8-5-9-17-3/h4,6-7,10,15H,5,8-9,11-12H2,1-3H3. The van der Waals surface area contributed by atoms with E-state index in [1.165, 1.54) is 11.1 Å². The molecule has 1 aromatic rings. The lowest BCUT2D eigenvalue weighted by atomic mass is 10.1. The topological polar surface area (TPSA) is 24.5 Å². The SMILES string of the molecule is CNCc1cccc(CN(C)CCCOC)c1. The summed E-state index contributed by atoms with van der Waals surface area (Å²) in [6, 6.07) is 8.74.